The number of esters is 1. The van der Waals surface area contributed by atoms with Crippen molar-refractivity contribution in [3.63, 3.8) is 0 Å². The Morgan fingerprint density at radius 1 is 1.57 bits per heavy atom. The molecule has 0 radical (unpaired) electrons. The van der Waals surface area contributed by atoms with Gasteiger partial charge < -0.3 is 9.47 Å². The molecule has 0 amide bonds. The van der Waals surface area contributed by atoms with Crippen molar-refractivity contribution < 1.29 is 27.2 Å². The summed E-state index contributed by atoms with van der Waals surface area (Å²) < 4.78 is 38.5. The highest BCUT2D eigenvalue weighted by molar-refractivity contribution is 7.86. The summed E-state index contributed by atoms with van der Waals surface area (Å²) in [6.45, 7) is 4.13. The normalized spacial score (nSPS) is 13.3. The molecule has 0 fully saturated rings. The molecule has 0 aromatic rings. The van der Waals surface area contributed by atoms with Gasteiger partial charge in [-0.3, -0.25) is 4.55 Å². The molecule has 0 aliphatic heterocycles. The van der Waals surface area contributed by atoms with Gasteiger partial charge in [-0.15, -0.1) is 0 Å². The van der Waals surface area contributed by atoms with Gasteiger partial charge in [-0.1, -0.05) is 6.58 Å². The van der Waals surface area contributed by atoms with E-state index in [9.17, 15) is 13.2 Å². The molecule has 1 atom stereocenters. The second-order valence-corrected chi connectivity index (χ2v) is 4.02. The molecule has 6 nitrogen and oxygen atoms in total. The largest absolute Gasteiger partial charge is 0.460 e. The van der Waals surface area contributed by atoms with Gasteiger partial charge in [0.1, 0.15) is 6.61 Å². The lowest BCUT2D eigenvalue weighted by Crippen LogP contribution is -2.22. The van der Waals surface area contributed by atoms with Gasteiger partial charge in [0.2, 0.25) is 0 Å². The lowest BCUT2D eigenvalue weighted by Gasteiger charge is -2.09. The van der Waals surface area contributed by atoms with Gasteiger partial charge in [-0.25, -0.2) is 4.79 Å². The Bertz CT molecular complexity index is 293. The molecule has 0 bridgehead atoms. The monoisotopic (exact) mass is 224 g/mol. The van der Waals surface area contributed by atoms with Crippen molar-refractivity contribution in [1.82, 2.24) is 0 Å². The predicted molar refractivity (Wildman–Crippen MR) is 48.1 cm³/mol. The van der Waals surface area contributed by atoms with E-state index in [-0.39, 0.29) is 13.2 Å². The first-order chi connectivity index (χ1) is 6.38. The van der Waals surface area contributed by atoms with E-state index < -0.39 is 21.5 Å². The van der Waals surface area contributed by atoms with Crippen molar-refractivity contribution in [2.24, 2.45) is 0 Å². The zero-order valence-corrected chi connectivity index (χ0v) is 8.49. The van der Waals surface area contributed by atoms with Gasteiger partial charge in [0, 0.05) is 6.08 Å². The molecule has 0 aromatic heterocycles. The molecule has 7 heteroatoms. The fraction of sp³-hybridized carbons (Fsp3) is 0.571. The molecular weight excluding hydrogens is 212 g/mol. The third-order valence-corrected chi connectivity index (χ3v) is 2.24. The van der Waals surface area contributed by atoms with E-state index >= 15 is 0 Å². The summed E-state index contributed by atoms with van der Waals surface area (Å²) in [5.74, 6) is -0.617. The maximum Gasteiger partial charge on any atom is 0.330 e. The summed E-state index contributed by atoms with van der Waals surface area (Å²) >= 11 is 0. The van der Waals surface area contributed by atoms with Gasteiger partial charge in [-0.05, 0) is 6.92 Å². The van der Waals surface area contributed by atoms with Crippen LogP contribution in [0.3, 0.4) is 0 Å². The number of carbonyl (C=O) groups is 1. The summed E-state index contributed by atoms with van der Waals surface area (Å²) in [5, 5.41) is 0. The van der Waals surface area contributed by atoms with E-state index in [1.165, 1.54) is 6.92 Å². The van der Waals surface area contributed by atoms with Crippen molar-refractivity contribution in [1.29, 1.82) is 0 Å². The average Bonchev–Trinajstić information content (AvgIpc) is 2.09. The Labute approximate surface area is 82.3 Å². The van der Waals surface area contributed by atoms with Crippen LogP contribution < -0.4 is 0 Å². The zero-order valence-electron chi connectivity index (χ0n) is 7.67. The van der Waals surface area contributed by atoms with Gasteiger partial charge in [0.15, 0.2) is 5.44 Å². The molecule has 0 aromatic carbocycles. The fourth-order valence-corrected chi connectivity index (χ4v) is 0.769. The van der Waals surface area contributed by atoms with Crippen LogP contribution in [0.4, 0.5) is 0 Å². The van der Waals surface area contributed by atoms with Crippen LogP contribution in [0.25, 0.3) is 0 Å². The molecule has 0 aliphatic rings. The molecule has 14 heavy (non-hydrogen) atoms. The van der Waals surface area contributed by atoms with Gasteiger partial charge in [-0.2, -0.15) is 8.42 Å². The highest BCUT2D eigenvalue weighted by Gasteiger charge is 2.17. The zero-order chi connectivity index (χ0) is 11.2. The highest BCUT2D eigenvalue weighted by atomic mass is 32.2. The SMILES string of the molecule is C=CC(=O)OCCOC(C)S(=O)(=O)O. The highest BCUT2D eigenvalue weighted by Crippen LogP contribution is 1.98. The molecule has 1 unspecified atom stereocenters. The quantitative estimate of drug-likeness (QED) is 0.295. The van der Waals surface area contributed by atoms with Crippen LogP contribution in [0.1, 0.15) is 6.92 Å². The predicted octanol–water partition coefficient (Wildman–Crippen LogP) is -0.0340. The van der Waals surface area contributed by atoms with E-state index in [0.29, 0.717) is 0 Å². The van der Waals surface area contributed by atoms with Crippen LogP contribution in [-0.4, -0.2) is 37.6 Å². The molecule has 1 N–H and O–H groups in total. The van der Waals surface area contributed by atoms with Crippen molar-refractivity contribution in [2.45, 2.75) is 12.4 Å². The van der Waals surface area contributed by atoms with Crippen LogP contribution in [0.2, 0.25) is 0 Å². The topological polar surface area (TPSA) is 89.9 Å². The van der Waals surface area contributed by atoms with Crippen molar-refractivity contribution in [3.8, 4) is 0 Å². The molecular formula is C7H12O6S. The second-order valence-electron chi connectivity index (χ2n) is 2.33. The maximum absolute atomic E-state index is 10.5. The van der Waals surface area contributed by atoms with Crippen LogP contribution in [0.5, 0.6) is 0 Å². The minimum absolute atomic E-state index is 0.0925. The average molecular weight is 224 g/mol. The lowest BCUT2D eigenvalue weighted by molar-refractivity contribution is -0.139. The van der Waals surface area contributed by atoms with Crippen LogP contribution in [0, 0.1) is 0 Å². The minimum atomic E-state index is -4.19. The minimum Gasteiger partial charge on any atom is -0.460 e. The summed E-state index contributed by atoms with van der Waals surface area (Å²) in [5.41, 5.74) is -1.33. The van der Waals surface area contributed by atoms with Gasteiger partial charge in [0.05, 0.1) is 6.61 Å². The molecule has 0 spiro atoms. The van der Waals surface area contributed by atoms with Crippen LogP contribution >= 0.6 is 0 Å². The molecule has 0 heterocycles. The van der Waals surface area contributed by atoms with Gasteiger partial charge >= 0.3 is 5.97 Å². The standard InChI is InChI=1S/C7H12O6S/c1-3-7(8)13-5-4-12-6(2)14(9,10)11/h3,6H,1,4-5H2,2H3,(H,9,10,11). The summed E-state index contributed by atoms with van der Waals surface area (Å²) in [4.78, 5) is 10.5. The molecule has 0 aliphatic carbocycles. The molecule has 0 saturated heterocycles. The first-order valence-electron chi connectivity index (χ1n) is 3.75. The fourth-order valence-electron chi connectivity index (χ4n) is 0.501. The van der Waals surface area contributed by atoms with Gasteiger partial charge in [0.25, 0.3) is 10.1 Å². The smallest absolute Gasteiger partial charge is 0.330 e. The third kappa shape index (κ3) is 5.68. The Morgan fingerprint density at radius 3 is 2.57 bits per heavy atom. The van der Waals surface area contributed by atoms with E-state index in [0.717, 1.165) is 6.08 Å². The molecule has 0 rings (SSSR count). The maximum atomic E-state index is 10.5. The Kier molecular flexibility index (Phi) is 5.36. The van der Waals surface area contributed by atoms with Crippen molar-refractivity contribution >= 4 is 16.1 Å². The van der Waals surface area contributed by atoms with Crippen molar-refractivity contribution in [2.75, 3.05) is 13.2 Å². The van der Waals surface area contributed by atoms with Crippen LogP contribution in [0.15, 0.2) is 12.7 Å². The number of hydrogen-bond acceptors (Lipinski definition) is 5. The first-order valence-corrected chi connectivity index (χ1v) is 5.25. The summed E-state index contributed by atoms with van der Waals surface area (Å²) in [6.07, 6.45) is 0.978. The van der Waals surface area contributed by atoms with E-state index in [1.807, 2.05) is 0 Å². The van der Waals surface area contributed by atoms with Crippen LogP contribution in [-0.2, 0) is 24.4 Å². The number of rotatable bonds is 6. The first kappa shape index (κ1) is 13.1. The Hall–Kier alpha value is -0.920. The van der Waals surface area contributed by atoms with E-state index in [4.69, 9.17) is 4.55 Å². The number of ether oxygens (including phenoxy) is 2. The molecule has 0 saturated carbocycles. The molecule has 82 valence electrons. The Morgan fingerprint density at radius 2 is 2.14 bits per heavy atom. The second kappa shape index (κ2) is 5.74. The Balaban J connectivity index is 3.66. The summed E-state index contributed by atoms with van der Waals surface area (Å²) in [6, 6.07) is 0. The lowest BCUT2D eigenvalue weighted by atomic mass is 10.6. The summed E-state index contributed by atoms with van der Waals surface area (Å²) in [7, 11) is -4.19. The van der Waals surface area contributed by atoms with Crippen molar-refractivity contribution in [3.05, 3.63) is 12.7 Å². The third-order valence-electron chi connectivity index (χ3n) is 1.27. The number of carbonyl (C=O) groups excluding carboxylic acids is 1. The van der Waals surface area contributed by atoms with E-state index in [2.05, 4.69) is 16.1 Å². The van der Waals surface area contributed by atoms with E-state index in [1.54, 1.807) is 0 Å². The number of hydrogen-bond donors (Lipinski definition) is 1.